The first kappa shape index (κ1) is 10.3. The van der Waals surface area contributed by atoms with Crippen molar-refractivity contribution in [2.24, 2.45) is 0 Å². The molecule has 0 unspecified atom stereocenters. The van der Waals surface area contributed by atoms with Crippen LogP contribution in [0.3, 0.4) is 0 Å². The average Bonchev–Trinajstić information content (AvgIpc) is 2.73. The molecule has 0 spiro atoms. The van der Waals surface area contributed by atoms with Gasteiger partial charge in [-0.3, -0.25) is 4.68 Å². The van der Waals surface area contributed by atoms with Gasteiger partial charge in [-0.25, -0.2) is 0 Å². The zero-order chi connectivity index (χ0) is 11.0. The molecule has 2 heterocycles. The number of halogens is 1. The van der Waals surface area contributed by atoms with Crippen molar-refractivity contribution in [3.05, 3.63) is 28.9 Å². The molecule has 0 amide bonds. The Labute approximate surface area is 103 Å². The summed E-state index contributed by atoms with van der Waals surface area (Å²) >= 11 is 3.48. The number of fused-ring (bicyclic) bond motifs is 1. The van der Waals surface area contributed by atoms with Crippen LogP contribution in [0, 0.1) is 0 Å². The summed E-state index contributed by atoms with van der Waals surface area (Å²) in [5.74, 6) is 0. The molecule has 16 heavy (non-hydrogen) atoms. The first-order valence-electron chi connectivity index (χ1n) is 5.68. The lowest BCUT2D eigenvalue weighted by molar-refractivity contribution is 0.345. The number of aromatic nitrogens is 2. The van der Waals surface area contributed by atoms with Crippen molar-refractivity contribution in [2.45, 2.75) is 18.9 Å². The third-order valence-electron chi connectivity index (χ3n) is 3.17. The van der Waals surface area contributed by atoms with E-state index < -0.39 is 0 Å². The summed E-state index contributed by atoms with van der Waals surface area (Å²) in [6, 6.07) is 6.82. The molecule has 4 heteroatoms. The van der Waals surface area contributed by atoms with Crippen molar-refractivity contribution >= 4 is 26.8 Å². The minimum atomic E-state index is 0.562. The fourth-order valence-electron chi connectivity index (χ4n) is 2.27. The predicted octanol–water partition coefficient (Wildman–Crippen LogP) is 2.72. The second-order valence-corrected chi connectivity index (χ2v) is 5.21. The Morgan fingerprint density at radius 1 is 1.31 bits per heavy atom. The van der Waals surface area contributed by atoms with E-state index in [-0.39, 0.29) is 0 Å². The number of nitrogens with one attached hydrogen (secondary N) is 1. The summed E-state index contributed by atoms with van der Waals surface area (Å²) in [6.07, 6.45) is 4.52. The van der Waals surface area contributed by atoms with Gasteiger partial charge in [-0.05, 0) is 38.1 Å². The van der Waals surface area contributed by atoms with Crippen LogP contribution in [0.25, 0.3) is 10.9 Å². The molecule has 0 aliphatic carbocycles. The quantitative estimate of drug-likeness (QED) is 0.870. The van der Waals surface area contributed by atoms with Crippen molar-refractivity contribution in [1.82, 2.24) is 15.1 Å². The van der Waals surface area contributed by atoms with Crippen LogP contribution in [0.15, 0.2) is 28.9 Å². The first-order valence-corrected chi connectivity index (χ1v) is 6.47. The van der Waals surface area contributed by atoms with Crippen molar-refractivity contribution in [3.63, 3.8) is 0 Å². The molecule has 0 radical (unpaired) electrons. The predicted molar refractivity (Wildman–Crippen MR) is 68.6 cm³/mol. The third-order valence-corrected chi connectivity index (χ3v) is 3.66. The van der Waals surface area contributed by atoms with Gasteiger partial charge in [-0.1, -0.05) is 22.0 Å². The zero-order valence-electron chi connectivity index (χ0n) is 8.99. The second kappa shape index (κ2) is 4.18. The van der Waals surface area contributed by atoms with Gasteiger partial charge in [-0.15, -0.1) is 0 Å². The molecule has 84 valence electrons. The molecule has 3 nitrogen and oxygen atoms in total. The molecule has 1 aliphatic heterocycles. The van der Waals surface area contributed by atoms with Crippen LogP contribution in [0.5, 0.6) is 0 Å². The Balaban J connectivity index is 1.97. The molecule has 1 aromatic heterocycles. The highest BCUT2D eigenvalue weighted by Gasteiger charge is 2.15. The number of piperidine rings is 1. The van der Waals surface area contributed by atoms with Crippen LogP contribution >= 0.6 is 15.9 Å². The van der Waals surface area contributed by atoms with Crippen molar-refractivity contribution in [3.8, 4) is 0 Å². The molecular formula is C12H14BrN3. The van der Waals surface area contributed by atoms with Gasteiger partial charge in [0.1, 0.15) is 0 Å². The average molecular weight is 280 g/mol. The molecule has 0 atom stereocenters. The fourth-order valence-corrected chi connectivity index (χ4v) is 2.62. The molecule has 1 N–H and O–H groups in total. The Morgan fingerprint density at radius 3 is 2.94 bits per heavy atom. The van der Waals surface area contributed by atoms with Crippen molar-refractivity contribution in [1.29, 1.82) is 0 Å². The normalized spacial score (nSPS) is 18.1. The maximum atomic E-state index is 4.66. The third kappa shape index (κ3) is 1.87. The van der Waals surface area contributed by atoms with Gasteiger partial charge < -0.3 is 5.32 Å². The van der Waals surface area contributed by atoms with E-state index in [1.54, 1.807) is 0 Å². The largest absolute Gasteiger partial charge is 0.317 e. The van der Waals surface area contributed by atoms with Gasteiger partial charge in [-0.2, -0.15) is 5.10 Å². The SMILES string of the molecule is Brc1ccc2cn(C3CCNCC3)nc2c1. The monoisotopic (exact) mass is 279 g/mol. The van der Waals surface area contributed by atoms with Crippen LogP contribution in [-0.2, 0) is 0 Å². The number of hydrogen-bond donors (Lipinski definition) is 1. The minimum absolute atomic E-state index is 0.562. The second-order valence-electron chi connectivity index (χ2n) is 4.29. The highest BCUT2D eigenvalue weighted by Crippen LogP contribution is 2.23. The summed E-state index contributed by atoms with van der Waals surface area (Å²) in [6.45, 7) is 2.20. The highest BCUT2D eigenvalue weighted by atomic mass is 79.9. The molecule has 1 saturated heterocycles. The van der Waals surface area contributed by atoms with E-state index >= 15 is 0 Å². The topological polar surface area (TPSA) is 29.9 Å². The molecular weight excluding hydrogens is 266 g/mol. The number of hydrogen-bond acceptors (Lipinski definition) is 2. The van der Waals surface area contributed by atoms with Gasteiger partial charge in [0.15, 0.2) is 0 Å². The molecule has 0 saturated carbocycles. The summed E-state index contributed by atoms with van der Waals surface area (Å²) in [7, 11) is 0. The summed E-state index contributed by atoms with van der Waals surface area (Å²) in [5.41, 5.74) is 1.08. The fraction of sp³-hybridized carbons (Fsp3) is 0.417. The zero-order valence-corrected chi connectivity index (χ0v) is 10.6. The van der Waals surface area contributed by atoms with Gasteiger partial charge in [0, 0.05) is 16.1 Å². The summed E-state index contributed by atoms with van der Waals surface area (Å²) < 4.78 is 3.23. The molecule has 1 aliphatic rings. The van der Waals surface area contributed by atoms with Crippen LogP contribution in [-0.4, -0.2) is 22.9 Å². The smallest absolute Gasteiger partial charge is 0.0934 e. The number of nitrogens with zero attached hydrogens (tertiary/aromatic N) is 2. The van der Waals surface area contributed by atoms with E-state index in [0.29, 0.717) is 6.04 Å². The Morgan fingerprint density at radius 2 is 2.12 bits per heavy atom. The Kier molecular flexibility index (Phi) is 2.69. The van der Waals surface area contributed by atoms with Gasteiger partial charge in [0.05, 0.1) is 11.6 Å². The van der Waals surface area contributed by atoms with E-state index in [9.17, 15) is 0 Å². The van der Waals surface area contributed by atoms with Crippen molar-refractivity contribution < 1.29 is 0 Å². The van der Waals surface area contributed by atoms with Crippen LogP contribution in [0.2, 0.25) is 0 Å². The van der Waals surface area contributed by atoms with Gasteiger partial charge in [0.25, 0.3) is 0 Å². The Hall–Kier alpha value is -0.870. The number of rotatable bonds is 1. The van der Waals surface area contributed by atoms with Gasteiger partial charge >= 0.3 is 0 Å². The lowest BCUT2D eigenvalue weighted by Crippen LogP contribution is -2.29. The van der Waals surface area contributed by atoms with E-state index in [1.165, 1.54) is 18.2 Å². The van der Waals surface area contributed by atoms with Crippen molar-refractivity contribution in [2.75, 3.05) is 13.1 Å². The van der Waals surface area contributed by atoms with Crippen LogP contribution in [0.4, 0.5) is 0 Å². The Bertz CT molecular complexity index is 500. The minimum Gasteiger partial charge on any atom is -0.317 e. The van der Waals surface area contributed by atoms with Gasteiger partial charge in [0.2, 0.25) is 0 Å². The van der Waals surface area contributed by atoms with E-state index in [2.05, 4.69) is 55.4 Å². The van der Waals surface area contributed by atoms with E-state index in [0.717, 1.165) is 23.1 Å². The maximum absolute atomic E-state index is 4.66. The van der Waals surface area contributed by atoms with Crippen LogP contribution < -0.4 is 5.32 Å². The molecule has 0 bridgehead atoms. The standard InChI is InChI=1S/C12H14BrN3/c13-10-2-1-9-8-16(15-12(9)7-10)11-3-5-14-6-4-11/h1-2,7-8,11,14H,3-6H2. The molecule has 1 fully saturated rings. The molecule has 3 rings (SSSR count). The highest BCUT2D eigenvalue weighted by molar-refractivity contribution is 9.10. The summed E-state index contributed by atoms with van der Waals surface area (Å²) in [5, 5.41) is 9.26. The lowest BCUT2D eigenvalue weighted by atomic mass is 10.1. The van der Waals surface area contributed by atoms with Crippen LogP contribution in [0.1, 0.15) is 18.9 Å². The molecule has 2 aromatic rings. The maximum Gasteiger partial charge on any atom is 0.0934 e. The number of benzene rings is 1. The molecule has 1 aromatic carbocycles. The first-order chi connectivity index (χ1) is 7.83. The summed E-state index contributed by atoms with van der Waals surface area (Å²) in [4.78, 5) is 0. The van der Waals surface area contributed by atoms with E-state index in [4.69, 9.17) is 0 Å². The lowest BCUT2D eigenvalue weighted by Gasteiger charge is -2.22. The van der Waals surface area contributed by atoms with E-state index in [1.807, 2.05) is 0 Å².